The average molecular weight is 418 g/mol. The number of likely N-dealkylation sites (tertiary alicyclic amines) is 1. The zero-order valence-corrected chi connectivity index (χ0v) is 16.5. The number of carboxylic acid groups (broad SMARTS) is 1. The number of piperidine rings is 1. The van der Waals surface area contributed by atoms with E-state index in [1.165, 1.54) is 17.0 Å². The van der Waals surface area contributed by atoms with Crippen molar-refractivity contribution >= 4 is 18.0 Å². The van der Waals surface area contributed by atoms with E-state index in [0.29, 0.717) is 30.8 Å². The standard InChI is InChI=1S/C23H19FN4O3/c24-17-4-6-18(7-5-17)28-20-11-16-8-10-27(22(30)31)14-23(16,12-15(20)13-26-28)21(29)19-3-1-2-9-25-19/h1-7,9,11,13H,8,10,12,14H2,(H,30,31)/t23-/m0/s1. The average Bonchev–Trinajstić information content (AvgIpc) is 3.20. The summed E-state index contributed by atoms with van der Waals surface area (Å²) >= 11 is 0. The molecule has 2 aliphatic rings. The van der Waals surface area contributed by atoms with Gasteiger partial charge < -0.3 is 10.0 Å². The number of hydrogen-bond donors (Lipinski definition) is 1. The number of benzene rings is 1. The quantitative estimate of drug-likeness (QED) is 0.657. The van der Waals surface area contributed by atoms with Crippen LogP contribution in [0.4, 0.5) is 9.18 Å². The number of aromatic nitrogens is 3. The summed E-state index contributed by atoms with van der Waals surface area (Å²) < 4.78 is 15.1. The summed E-state index contributed by atoms with van der Waals surface area (Å²) in [7, 11) is 0. The summed E-state index contributed by atoms with van der Waals surface area (Å²) in [5.74, 6) is -0.519. The van der Waals surface area contributed by atoms with Gasteiger partial charge in [-0.1, -0.05) is 11.6 Å². The number of carbonyl (C=O) groups is 2. The fraction of sp³-hybridized carbons (Fsp3) is 0.217. The van der Waals surface area contributed by atoms with Gasteiger partial charge in [0.1, 0.15) is 11.5 Å². The van der Waals surface area contributed by atoms with Gasteiger partial charge in [-0.15, -0.1) is 0 Å². The first-order valence-electron chi connectivity index (χ1n) is 9.95. The number of carbonyl (C=O) groups excluding carboxylic acids is 1. The first-order chi connectivity index (χ1) is 15.0. The second-order valence-electron chi connectivity index (χ2n) is 7.87. The Kier molecular flexibility index (Phi) is 4.43. The van der Waals surface area contributed by atoms with Crippen LogP contribution in [0.1, 0.15) is 28.2 Å². The fourth-order valence-corrected chi connectivity index (χ4v) is 4.54. The number of hydrogen-bond acceptors (Lipinski definition) is 4. The van der Waals surface area contributed by atoms with Gasteiger partial charge in [-0.25, -0.2) is 13.9 Å². The highest BCUT2D eigenvalue weighted by Crippen LogP contribution is 2.46. The van der Waals surface area contributed by atoms with Crippen LogP contribution in [0.15, 0.2) is 60.4 Å². The Morgan fingerprint density at radius 1 is 1.13 bits per heavy atom. The molecule has 156 valence electrons. The van der Waals surface area contributed by atoms with Gasteiger partial charge in [0.25, 0.3) is 0 Å². The van der Waals surface area contributed by atoms with Crippen LogP contribution in [0.3, 0.4) is 0 Å². The van der Waals surface area contributed by atoms with E-state index in [0.717, 1.165) is 16.8 Å². The molecule has 0 spiro atoms. The van der Waals surface area contributed by atoms with Gasteiger partial charge in [0.15, 0.2) is 5.78 Å². The van der Waals surface area contributed by atoms with Gasteiger partial charge in [0.05, 0.1) is 23.0 Å². The molecule has 3 aromatic rings. The van der Waals surface area contributed by atoms with E-state index in [4.69, 9.17) is 0 Å². The maximum atomic E-state index is 13.7. The molecule has 8 heteroatoms. The van der Waals surface area contributed by atoms with Crippen LogP contribution in [0.5, 0.6) is 0 Å². The lowest BCUT2D eigenvalue weighted by Gasteiger charge is -2.44. The first-order valence-corrected chi connectivity index (χ1v) is 9.95. The topological polar surface area (TPSA) is 88.3 Å². The molecule has 1 fully saturated rings. The maximum Gasteiger partial charge on any atom is 0.407 e. The Labute approximate surface area is 177 Å². The van der Waals surface area contributed by atoms with Crippen LogP contribution >= 0.6 is 0 Å². The molecule has 5 rings (SSSR count). The van der Waals surface area contributed by atoms with Crippen LogP contribution in [0, 0.1) is 11.2 Å². The minimum Gasteiger partial charge on any atom is -0.465 e. The molecular weight excluding hydrogens is 399 g/mol. The molecule has 1 aromatic carbocycles. The summed E-state index contributed by atoms with van der Waals surface area (Å²) in [6.07, 6.45) is 4.92. The Morgan fingerprint density at radius 3 is 2.65 bits per heavy atom. The molecule has 0 saturated carbocycles. The van der Waals surface area contributed by atoms with E-state index in [9.17, 15) is 19.1 Å². The minimum atomic E-state index is -1.04. The van der Waals surface area contributed by atoms with Crippen molar-refractivity contribution in [1.82, 2.24) is 19.7 Å². The normalized spacial score (nSPS) is 19.9. The SMILES string of the molecule is O=C(O)N1CCC2=Cc3c(cnn3-c3ccc(F)cc3)C[C@]2(C(=O)c2ccccn2)C1. The second-order valence-corrected chi connectivity index (χ2v) is 7.87. The third-order valence-corrected chi connectivity index (χ3v) is 6.09. The van der Waals surface area contributed by atoms with Crippen LogP contribution in [-0.4, -0.2) is 49.7 Å². The lowest BCUT2D eigenvalue weighted by molar-refractivity contribution is 0.0685. The predicted molar refractivity (Wildman–Crippen MR) is 110 cm³/mol. The van der Waals surface area contributed by atoms with E-state index in [1.54, 1.807) is 47.4 Å². The molecule has 1 atom stereocenters. The van der Waals surface area contributed by atoms with Gasteiger partial charge >= 0.3 is 6.09 Å². The van der Waals surface area contributed by atoms with E-state index in [1.807, 2.05) is 6.08 Å². The molecule has 1 aliphatic heterocycles. The zero-order valence-electron chi connectivity index (χ0n) is 16.5. The van der Waals surface area contributed by atoms with Crippen LogP contribution in [0.2, 0.25) is 0 Å². The Bertz CT molecular complexity index is 1200. The van der Waals surface area contributed by atoms with Crippen molar-refractivity contribution in [3.63, 3.8) is 0 Å². The lowest BCUT2D eigenvalue weighted by Crippen LogP contribution is -2.53. The molecule has 1 amide bonds. The third kappa shape index (κ3) is 3.11. The van der Waals surface area contributed by atoms with Crippen molar-refractivity contribution in [2.75, 3.05) is 13.1 Å². The summed E-state index contributed by atoms with van der Waals surface area (Å²) in [5.41, 5.74) is 2.55. The fourth-order valence-electron chi connectivity index (χ4n) is 4.54. The number of ketones is 1. The van der Waals surface area contributed by atoms with Gasteiger partial charge in [-0.2, -0.15) is 5.10 Å². The summed E-state index contributed by atoms with van der Waals surface area (Å²) in [4.78, 5) is 30.9. The molecule has 7 nitrogen and oxygen atoms in total. The highest BCUT2D eigenvalue weighted by atomic mass is 19.1. The highest BCUT2D eigenvalue weighted by Gasteiger charge is 2.50. The zero-order chi connectivity index (χ0) is 21.6. The van der Waals surface area contributed by atoms with Gasteiger partial charge in [0.2, 0.25) is 0 Å². The number of Topliss-reactive ketones (excluding diaryl/α,β-unsaturated/α-hetero) is 1. The van der Waals surface area contributed by atoms with E-state index in [-0.39, 0.29) is 18.1 Å². The monoisotopic (exact) mass is 418 g/mol. The van der Waals surface area contributed by atoms with Gasteiger partial charge in [0, 0.05) is 19.3 Å². The number of nitrogens with zero attached hydrogens (tertiary/aromatic N) is 4. The van der Waals surface area contributed by atoms with Crippen molar-refractivity contribution in [3.8, 4) is 5.69 Å². The molecule has 2 aromatic heterocycles. The molecular formula is C23H19FN4O3. The minimum absolute atomic E-state index is 0.0741. The largest absolute Gasteiger partial charge is 0.465 e. The van der Waals surface area contributed by atoms with E-state index in [2.05, 4.69) is 10.1 Å². The van der Waals surface area contributed by atoms with Crippen LogP contribution in [0.25, 0.3) is 11.8 Å². The van der Waals surface area contributed by atoms with Crippen molar-refractivity contribution < 1.29 is 19.1 Å². The third-order valence-electron chi connectivity index (χ3n) is 6.09. The Balaban J connectivity index is 1.62. The molecule has 3 heterocycles. The summed E-state index contributed by atoms with van der Waals surface area (Å²) in [5, 5.41) is 14.1. The molecule has 0 radical (unpaired) electrons. The molecule has 1 N–H and O–H groups in total. The lowest BCUT2D eigenvalue weighted by atomic mass is 9.65. The smallest absolute Gasteiger partial charge is 0.407 e. The Hall–Kier alpha value is -3.81. The van der Waals surface area contributed by atoms with Crippen molar-refractivity contribution in [3.05, 3.63) is 83.2 Å². The number of halogens is 1. The van der Waals surface area contributed by atoms with E-state index < -0.39 is 11.5 Å². The van der Waals surface area contributed by atoms with Crippen molar-refractivity contribution in [2.45, 2.75) is 12.8 Å². The summed E-state index contributed by atoms with van der Waals surface area (Å²) in [6, 6.07) is 11.2. The Morgan fingerprint density at radius 2 is 1.94 bits per heavy atom. The number of amides is 1. The molecule has 0 unspecified atom stereocenters. The van der Waals surface area contributed by atoms with Crippen LogP contribution < -0.4 is 0 Å². The maximum absolute atomic E-state index is 13.7. The number of fused-ring (bicyclic) bond motifs is 2. The molecule has 31 heavy (non-hydrogen) atoms. The van der Waals surface area contributed by atoms with Gasteiger partial charge in [-0.3, -0.25) is 9.78 Å². The number of rotatable bonds is 3. The van der Waals surface area contributed by atoms with Gasteiger partial charge in [-0.05, 0) is 60.9 Å². The molecule has 0 bridgehead atoms. The molecule has 1 saturated heterocycles. The van der Waals surface area contributed by atoms with Crippen LogP contribution in [-0.2, 0) is 6.42 Å². The second kappa shape index (κ2) is 7.16. The van der Waals surface area contributed by atoms with Crippen molar-refractivity contribution in [2.24, 2.45) is 5.41 Å². The molecule has 1 aliphatic carbocycles. The highest BCUT2D eigenvalue weighted by molar-refractivity contribution is 6.03. The van der Waals surface area contributed by atoms with E-state index >= 15 is 0 Å². The first kappa shape index (κ1) is 19.2. The van der Waals surface area contributed by atoms with Crippen molar-refractivity contribution in [1.29, 1.82) is 0 Å². The predicted octanol–water partition coefficient (Wildman–Crippen LogP) is 3.60. The summed E-state index contributed by atoms with van der Waals surface area (Å²) in [6.45, 7) is 0.392. The number of pyridine rings is 1.